The van der Waals surface area contributed by atoms with Crippen molar-refractivity contribution in [2.75, 3.05) is 5.32 Å². The molecule has 17 heavy (non-hydrogen) atoms. The number of pyridine rings is 2. The summed E-state index contributed by atoms with van der Waals surface area (Å²) in [5.41, 5.74) is -0.290. The van der Waals surface area contributed by atoms with E-state index in [1.165, 1.54) is 12.1 Å². The summed E-state index contributed by atoms with van der Waals surface area (Å²) in [5.74, 6) is 0.663. The van der Waals surface area contributed by atoms with Crippen LogP contribution in [-0.2, 0) is 0 Å². The van der Waals surface area contributed by atoms with Crippen molar-refractivity contribution in [1.82, 2.24) is 9.97 Å². The Balaban J connectivity index is 2.25. The molecule has 1 N–H and O–H groups in total. The number of nitrogens with one attached hydrogen (secondary N) is 1. The number of alkyl halides is 2. The summed E-state index contributed by atoms with van der Waals surface area (Å²) < 4.78 is 24.9. The van der Waals surface area contributed by atoms with E-state index in [1.54, 1.807) is 24.4 Å². The zero-order valence-corrected chi connectivity index (χ0v) is 9.33. The Bertz CT molecular complexity index is 520. The highest BCUT2D eigenvalue weighted by atomic mass is 35.5. The van der Waals surface area contributed by atoms with E-state index < -0.39 is 6.43 Å². The van der Waals surface area contributed by atoms with Crippen molar-refractivity contribution < 1.29 is 8.78 Å². The number of rotatable bonds is 3. The second kappa shape index (κ2) is 5.05. The van der Waals surface area contributed by atoms with Crippen molar-refractivity contribution in [2.24, 2.45) is 0 Å². The maximum Gasteiger partial charge on any atom is 0.280 e. The lowest BCUT2D eigenvalue weighted by molar-refractivity contribution is 0.146. The van der Waals surface area contributed by atoms with Crippen LogP contribution in [0.4, 0.5) is 20.4 Å². The van der Waals surface area contributed by atoms with E-state index in [2.05, 4.69) is 15.3 Å². The lowest BCUT2D eigenvalue weighted by Gasteiger charge is -2.07. The lowest BCUT2D eigenvalue weighted by Crippen LogP contribution is -1.99. The number of hydrogen-bond donors (Lipinski definition) is 1. The average Bonchev–Trinajstić information content (AvgIpc) is 2.32. The van der Waals surface area contributed by atoms with Crippen LogP contribution in [0.15, 0.2) is 36.5 Å². The third-order valence-electron chi connectivity index (χ3n) is 2.00. The van der Waals surface area contributed by atoms with E-state index in [9.17, 15) is 8.78 Å². The Labute approximate surface area is 101 Å². The van der Waals surface area contributed by atoms with E-state index in [0.717, 1.165) is 0 Å². The molecule has 0 amide bonds. The molecule has 2 aromatic rings. The molecule has 0 aliphatic heterocycles. The van der Waals surface area contributed by atoms with Gasteiger partial charge in [0.05, 0.1) is 5.02 Å². The molecule has 0 aromatic carbocycles. The van der Waals surface area contributed by atoms with Gasteiger partial charge in [-0.15, -0.1) is 0 Å². The van der Waals surface area contributed by atoms with E-state index in [0.29, 0.717) is 10.8 Å². The topological polar surface area (TPSA) is 37.8 Å². The van der Waals surface area contributed by atoms with Crippen LogP contribution >= 0.6 is 11.6 Å². The van der Waals surface area contributed by atoms with Crippen LogP contribution in [0.2, 0.25) is 5.02 Å². The van der Waals surface area contributed by atoms with Gasteiger partial charge in [0.1, 0.15) is 17.3 Å². The first-order valence-corrected chi connectivity index (χ1v) is 5.17. The minimum Gasteiger partial charge on any atom is -0.324 e. The van der Waals surface area contributed by atoms with Gasteiger partial charge in [0.15, 0.2) is 0 Å². The van der Waals surface area contributed by atoms with Gasteiger partial charge >= 0.3 is 0 Å². The van der Waals surface area contributed by atoms with Gasteiger partial charge in [-0.1, -0.05) is 17.7 Å². The third kappa shape index (κ3) is 2.88. The highest BCUT2D eigenvalue weighted by Crippen LogP contribution is 2.23. The molecule has 2 aromatic heterocycles. The summed E-state index contributed by atoms with van der Waals surface area (Å²) in [6.07, 6.45) is -1.05. The second-order valence-corrected chi connectivity index (χ2v) is 3.61. The Kier molecular flexibility index (Phi) is 3.49. The number of aromatic nitrogens is 2. The van der Waals surface area contributed by atoms with Gasteiger partial charge in [-0.25, -0.2) is 18.7 Å². The normalized spacial score (nSPS) is 10.6. The summed E-state index contributed by atoms with van der Waals surface area (Å²) in [7, 11) is 0. The van der Waals surface area contributed by atoms with Crippen molar-refractivity contribution >= 4 is 23.2 Å². The van der Waals surface area contributed by atoms with Crippen molar-refractivity contribution in [3.8, 4) is 0 Å². The van der Waals surface area contributed by atoms with Gasteiger partial charge in [-0.2, -0.15) is 0 Å². The molecule has 0 aliphatic carbocycles. The van der Waals surface area contributed by atoms with Crippen molar-refractivity contribution in [2.45, 2.75) is 6.43 Å². The monoisotopic (exact) mass is 255 g/mol. The minimum absolute atomic E-state index is 0.281. The second-order valence-electron chi connectivity index (χ2n) is 3.21. The molecule has 6 heteroatoms. The van der Waals surface area contributed by atoms with Gasteiger partial charge in [0.25, 0.3) is 6.43 Å². The molecule has 0 saturated heterocycles. The molecule has 0 spiro atoms. The Morgan fingerprint density at radius 2 is 2.00 bits per heavy atom. The molecular formula is C11H8ClF2N3. The predicted octanol–water partition coefficient (Wildman–Crippen LogP) is 3.81. The fourth-order valence-electron chi connectivity index (χ4n) is 1.24. The third-order valence-corrected chi connectivity index (χ3v) is 2.30. The summed E-state index contributed by atoms with van der Waals surface area (Å²) in [6, 6.07) is 7.64. The summed E-state index contributed by atoms with van der Waals surface area (Å²) >= 11 is 5.88. The molecule has 0 unspecified atom stereocenters. The van der Waals surface area contributed by atoms with Gasteiger partial charge in [0, 0.05) is 6.20 Å². The summed E-state index contributed by atoms with van der Waals surface area (Å²) in [5, 5.41) is 3.18. The molecule has 2 heterocycles. The minimum atomic E-state index is -2.60. The van der Waals surface area contributed by atoms with Crippen LogP contribution in [0.25, 0.3) is 0 Å². The first kappa shape index (κ1) is 11.7. The van der Waals surface area contributed by atoms with Crippen LogP contribution in [0.3, 0.4) is 0 Å². The smallest absolute Gasteiger partial charge is 0.280 e. The molecule has 0 fully saturated rings. The molecular weight excluding hydrogens is 248 g/mol. The number of halogens is 3. The summed E-state index contributed by atoms with van der Waals surface area (Å²) in [4.78, 5) is 7.73. The zero-order chi connectivity index (χ0) is 12.3. The Hall–Kier alpha value is -1.75. The first-order valence-electron chi connectivity index (χ1n) is 4.79. The van der Waals surface area contributed by atoms with Crippen LogP contribution in [-0.4, -0.2) is 9.97 Å². The SMILES string of the molecule is FC(F)c1cccc(Nc2ncccc2Cl)n1. The van der Waals surface area contributed by atoms with Gasteiger partial charge in [-0.3, -0.25) is 0 Å². The molecule has 88 valence electrons. The van der Waals surface area contributed by atoms with Crippen molar-refractivity contribution in [3.05, 3.63) is 47.2 Å². The van der Waals surface area contributed by atoms with Gasteiger partial charge < -0.3 is 5.32 Å². The van der Waals surface area contributed by atoms with Crippen LogP contribution in [0.1, 0.15) is 12.1 Å². The molecule has 0 bridgehead atoms. The quantitative estimate of drug-likeness (QED) is 0.906. The predicted molar refractivity (Wildman–Crippen MR) is 61.7 cm³/mol. The van der Waals surface area contributed by atoms with E-state index in [1.807, 2.05) is 0 Å². The Morgan fingerprint density at radius 1 is 1.18 bits per heavy atom. The highest BCUT2D eigenvalue weighted by Gasteiger charge is 2.09. The van der Waals surface area contributed by atoms with Crippen molar-refractivity contribution in [1.29, 1.82) is 0 Å². The fraction of sp³-hybridized carbons (Fsp3) is 0.0909. The molecule has 0 aliphatic rings. The standard InChI is InChI=1S/C11H8ClF2N3/c12-7-3-2-6-15-11(7)17-9-5-1-4-8(16-9)10(13)14/h1-6,10H,(H,15,16,17). The van der Waals surface area contributed by atoms with Crippen LogP contribution in [0, 0.1) is 0 Å². The van der Waals surface area contributed by atoms with Gasteiger partial charge in [0.2, 0.25) is 0 Å². The van der Waals surface area contributed by atoms with Crippen LogP contribution in [0.5, 0.6) is 0 Å². The Morgan fingerprint density at radius 3 is 2.71 bits per heavy atom. The molecule has 0 atom stereocenters. The van der Waals surface area contributed by atoms with Crippen LogP contribution < -0.4 is 5.32 Å². The van der Waals surface area contributed by atoms with Gasteiger partial charge in [-0.05, 0) is 24.3 Å². The number of anilines is 2. The maximum absolute atomic E-state index is 12.4. The van der Waals surface area contributed by atoms with E-state index in [4.69, 9.17) is 11.6 Å². The molecule has 0 saturated carbocycles. The zero-order valence-electron chi connectivity index (χ0n) is 8.57. The maximum atomic E-state index is 12.4. The largest absolute Gasteiger partial charge is 0.324 e. The lowest BCUT2D eigenvalue weighted by atomic mass is 10.3. The molecule has 0 radical (unpaired) electrons. The van der Waals surface area contributed by atoms with Crippen molar-refractivity contribution in [3.63, 3.8) is 0 Å². The van der Waals surface area contributed by atoms with E-state index in [-0.39, 0.29) is 11.5 Å². The fourth-order valence-corrected chi connectivity index (χ4v) is 1.41. The number of nitrogens with zero attached hydrogens (tertiary/aromatic N) is 2. The van der Waals surface area contributed by atoms with E-state index >= 15 is 0 Å². The first-order chi connectivity index (χ1) is 8.16. The number of hydrogen-bond acceptors (Lipinski definition) is 3. The average molecular weight is 256 g/mol. The molecule has 2 rings (SSSR count). The highest BCUT2D eigenvalue weighted by molar-refractivity contribution is 6.33. The molecule has 3 nitrogen and oxygen atoms in total. The summed E-state index contributed by atoms with van der Waals surface area (Å²) in [6.45, 7) is 0.